The van der Waals surface area contributed by atoms with Crippen LogP contribution in [0.25, 0.3) is 5.76 Å². The molecule has 2 N–H and O–H groups in total. The topological polar surface area (TPSA) is 139 Å². The molecule has 10 heteroatoms. The molecule has 1 amide bonds. The minimum Gasteiger partial charge on any atom is -0.507 e. The summed E-state index contributed by atoms with van der Waals surface area (Å²) >= 11 is 0. The average molecular weight is 470 g/mol. The monoisotopic (exact) mass is 470 g/mol. The lowest BCUT2D eigenvalue weighted by Gasteiger charge is -2.26. The Morgan fingerprint density at radius 1 is 1.21 bits per heavy atom. The Balaban J connectivity index is 2.11. The van der Waals surface area contributed by atoms with Crippen LogP contribution in [0, 0.1) is 10.1 Å². The van der Waals surface area contributed by atoms with E-state index >= 15 is 0 Å². The fourth-order valence-corrected chi connectivity index (χ4v) is 3.80. The van der Waals surface area contributed by atoms with Crippen LogP contribution in [0.3, 0.4) is 0 Å². The molecule has 2 aromatic carbocycles. The number of nitro benzene ring substituents is 1. The summed E-state index contributed by atoms with van der Waals surface area (Å²) in [5, 5.41) is 32.2. The smallest absolute Gasteiger partial charge is 0.295 e. The van der Waals surface area contributed by atoms with Crippen LogP contribution in [0.2, 0.25) is 0 Å². The highest BCUT2D eigenvalue weighted by Gasteiger charge is 2.46. The first-order valence-electron chi connectivity index (χ1n) is 10.7. The van der Waals surface area contributed by atoms with Gasteiger partial charge in [-0.05, 0) is 38.0 Å². The summed E-state index contributed by atoms with van der Waals surface area (Å²) in [7, 11) is 1.36. The standard InChI is InChI=1S/C24H26N2O8/c1-14(2)34-11-5-10-25-21(15-8-9-18(27)19(13-15)33-3)20(23(29)24(25)30)22(28)16-6-4-7-17(12-16)26(31)32/h4,6-9,12-14,21,27-28H,5,10-11H2,1-3H3/t21-/m1/s1. The number of aliphatic hydroxyl groups excluding tert-OH is 1. The summed E-state index contributed by atoms with van der Waals surface area (Å²) in [6, 6.07) is 8.56. The average Bonchev–Trinajstić information content (AvgIpc) is 3.06. The zero-order valence-electron chi connectivity index (χ0n) is 19.1. The van der Waals surface area contributed by atoms with Gasteiger partial charge in [0.1, 0.15) is 5.76 Å². The molecule has 1 aliphatic rings. The predicted octanol–water partition coefficient (Wildman–Crippen LogP) is 3.55. The van der Waals surface area contributed by atoms with E-state index in [2.05, 4.69) is 0 Å². The van der Waals surface area contributed by atoms with Gasteiger partial charge in [-0.15, -0.1) is 0 Å². The molecule has 0 spiro atoms. The fraction of sp³-hybridized carbons (Fsp3) is 0.333. The maximum atomic E-state index is 13.0. The highest BCUT2D eigenvalue weighted by Crippen LogP contribution is 2.42. The normalized spacial score (nSPS) is 17.4. The number of nitrogens with zero attached hydrogens (tertiary/aromatic N) is 2. The molecule has 1 heterocycles. The zero-order chi connectivity index (χ0) is 25.0. The second kappa shape index (κ2) is 10.3. The van der Waals surface area contributed by atoms with Crippen molar-refractivity contribution in [1.29, 1.82) is 0 Å². The molecule has 1 saturated heterocycles. The Morgan fingerprint density at radius 3 is 2.59 bits per heavy atom. The number of aliphatic hydroxyl groups is 1. The van der Waals surface area contributed by atoms with Gasteiger partial charge < -0.3 is 24.6 Å². The van der Waals surface area contributed by atoms with E-state index in [9.17, 15) is 29.9 Å². The van der Waals surface area contributed by atoms with Gasteiger partial charge in [0, 0.05) is 30.8 Å². The lowest BCUT2D eigenvalue weighted by molar-refractivity contribution is -0.384. The van der Waals surface area contributed by atoms with E-state index in [1.54, 1.807) is 0 Å². The van der Waals surface area contributed by atoms with Crippen molar-refractivity contribution in [2.75, 3.05) is 20.3 Å². The van der Waals surface area contributed by atoms with Crippen molar-refractivity contribution >= 4 is 23.1 Å². The molecule has 2 aromatic rings. The first-order valence-corrected chi connectivity index (χ1v) is 10.7. The van der Waals surface area contributed by atoms with Crippen LogP contribution in [0.4, 0.5) is 5.69 Å². The first-order chi connectivity index (χ1) is 16.1. The Bertz CT molecular complexity index is 1140. The van der Waals surface area contributed by atoms with Crippen molar-refractivity contribution in [3.8, 4) is 11.5 Å². The molecule has 0 unspecified atom stereocenters. The third-order valence-electron chi connectivity index (χ3n) is 5.38. The molecule has 0 aliphatic carbocycles. The number of methoxy groups -OCH3 is 1. The van der Waals surface area contributed by atoms with Crippen molar-refractivity contribution in [3.63, 3.8) is 0 Å². The Morgan fingerprint density at radius 2 is 1.94 bits per heavy atom. The molecule has 1 atom stereocenters. The SMILES string of the molecule is COc1cc([C@@H]2C(=C(O)c3cccc([N+](=O)[O-])c3)C(=O)C(=O)N2CCCOC(C)C)ccc1O. The Hall–Kier alpha value is -3.92. The maximum Gasteiger partial charge on any atom is 0.295 e. The summed E-state index contributed by atoms with van der Waals surface area (Å²) in [4.78, 5) is 37.9. The number of Topliss-reactive ketones (excluding diaryl/α,β-unsaturated/α-hetero) is 1. The van der Waals surface area contributed by atoms with Gasteiger partial charge in [0.2, 0.25) is 0 Å². The van der Waals surface area contributed by atoms with Crippen molar-refractivity contribution < 1.29 is 34.2 Å². The molecule has 3 rings (SSSR count). The van der Waals surface area contributed by atoms with Crippen molar-refractivity contribution in [3.05, 3.63) is 69.3 Å². The highest BCUT2D eigenvalue weighted by molar-refractivity contribution is 6.46. The fourth-order valence-electron chi connectivity index (χ4n) is 3.80. The second-order valence-electron chi connectivity index (χ2n) is 8.00. The van der Waals surface area contributed by atoms with Crippen molar-refractivity contribution in [1.82, 2.24) is 4.90 Å². The minimum absolute atomic E-state index is 0.00133. The highest BCUT2D eigenvalue weighted by atomic mass is 16.6. The summed E-state index contributed by atoms with van der Waals surface area (Å²) < 4.78 is 10.7. The van der Waals surface area contributed by atoms with E-state index in [4.69, 9.17) is 9.47 Å². The summed E-state index contributed by atoms with van der Waals surface area (Å²) in [5.74, 6) is -2.26. The number of ether oxygens (including phenoxy) is 2. The molecule has 0 aromatic heterocycles. The number of carbonyl (C=O) groups is 2. The molecular formula is C24H26N2O8. The third kappa shape index (κ3) is 5.01. The quantitative estimate of drug-likeness (QED) is 0.142. The molecule has 0 saturated carbocycles. The number of non-ortho nitro benzene ring substituents is 1. The predicted molar refractivity (Wildman–Crippen MR) is 122 cm³/mol. The van der Waals surface area contributed by atoms with E-state index in [1.807, 2.05) is 13.8 Å². The van der Waals surface area contributed by atoms with Gasteiger partial charge in [0.25, 0.3) is 17.4 Å². The number of nitro groups is 1. The summed E-state index contributed by atoms with van der Waals surface area (Å²) in [5.41, 5.74) is -0.0216. The van der Waals surface area contributed by atoms with Crippen LogP contribution >= 0.6 is 0 Å². The molecular weight excluding hydrogens is 444 g/mol. The van der Waals surface area contributed by atoms with Gasteiger partial charge in [-0.1, -0.05) is 18.2 Å². The van der Waals surface area contributed by atoms with Gasteiger partial charge in [-0.3, -0.25) is 19.7 Å². The van der Waals surface area contributed by atoms with E-state index in [0.717, 1.165) is 6.07 Å². The molecule has 1 aliphatic heterocycles. The van der Waals surface area contributed by atoms with Crippen LogP contribution in [0.1, 0.15) is 37.4 Å². The van der Waals surface area contributed by atoms with Gasteiger partial charge in [-0.2, -0.15) is 0 Å². The summed E-state index contributed by atoms with van der Waals surface area (Å²) in [6.07, 6.45) is 0.440. The number of phenols is 1. The number of likely N-dealkylation sites (tertiary alicyclic amines) is 1. The van der Waals surface area contributed by atoms with Gasteiger partial charge in [0.15, 0.2) is 11.5 Å². The summed E-state index contributed by atoms with van der Waals surface area (Å²) in [6.45, 7) is 4.29. The lowest BCUT2D eigenvalue weighted by Crippen LogP contribution is -2.31. The van der Waals surface area contributed by atoms with Crippen molar-refractivity contribution in [2.24, 2.45) is 0 Å². The molecule has 10 nitrogen and oxygen atoms in total. The molecule has 0 radical (unpaired) electrons. The number of phenolic OH excluding ortho intramolecular Hbond substituents is 1. The van der Waals surface area contributed by atoms with E-state index in [-0.39, 0.29) is 41.0 Å². The Labute approximate surface area is 196 Å². The number of aromatic hydroxyl groups is 1. The number of hydrogen-bond donors (Lipinski definition) is 2. The largest absolute Gasteiger partial charge is 0.507 e. The molecule has 34 heavy (non-hydrogen) atoms. The number of carbonyl (C=O) groups excluding carboxylic acids is 2. The van der Waals surface area contributed by atoms with Crippen molar-refractivity contribution in [2.45, 2.75) is 32.4 Å². The van der Waals surface area contributed by atoms with Crippen LogP contribution in [0.15, 0.2) is 48.0 Å². The number of hydrogen-bond acceptors (Lipinski definition) is 8. The molecule has 1 fully saturated rings. The Kier molecular flexibility index (Phi) is 7.52. The lowest BCUT2D eigenvalue weighted by atomic mass is 9.94. The van der Waals surface area contributed by atoms with Gasteiger partial charge in [0.05, 0.1) is 29.8 Å². The van der Waals surface area contributed by atoms with E-state index in [0.29, 0.717) is 18.6 Å². The van der Waals surface area contributed by atoms with Gasteiger partial charge >= 0.3 is 0 Å². The minimum atomic E-state index is -0.993. The number of benzene rings is 2. The number of ketones is 1. The third-order valence-corrected chi connectivity index (χ3v) is 5.38. The van der Waals surface area contributed by atoms with Crippen LogP contribution in [-0.2, 0) is 14.3 Å². The van der Waals surface area contributed by atoms with Gasteiger partial charge in [-0.25, -0.2) is 0 Å². The van der Waals surface area contributed by atoms with Crippen LogP contribution < -0.4 is 4.74 Å². The maximum absolute atomic E-state index is 13.0. The first kappa shape index (κ1) is 24.7. The van der Waals surface area contributed by atoms with Crippen LogP contribution in [0.5, 0.6) is 11.5 Å². The van der Waals surface area contributed by atoms with E-state index < -0.39 is 28.4 Å². The zero-order valence-corrected chi connectivity index (χ0v) is 19.1. The molecule has 180 valence electrons. The number of amides is 1. The molecule has 0 bridgehead atoms. The van der Waals surface area contributed by atoms with Crippen LogP contribution in [-0.4, -0.2) is 58.1 Å². The number of rotatable bonds is 9. The second-order valence-corrected chi connectivity index (χ2v) is 8.00. The van der Waals surface area contributed by atoms with E-state index in [1.165, 1.54) is 48.4 Å².